The summed E-state index contributed by atoms with van der Waals surface area (Å²) in [7, 11) is 0. The number of likely N-dealkylation sites (tertiary alicyclic amines) is 1. The van der Waals surface area contributed by atoms with Crippen molar-refractivity contribution >= 4 is 34.3 Å². The van der Waals surface area contributed by atoms with E-state index in [4.69, 9.17) is 4.42 Å². The second-order valence-corrected chi connectivity index (χ2v) is 7.12. The molecular weight excluding hydrogens is 362 g/mol. The van der Waals surface area contributed by atoms with Gasteiger partial charge in [-0.25, -0.2) is 9.97 Å². The van der Waals surface area contributed by atoms with E-state index in [-0.39, 0.29) is 11.8 Å². The molecule has 8 heteroatoms. The van der Waals surface area contributed by atoms with E-state index in [1.54, 1.807) is 43.1 Å². The lowest BCUT2D eigenvalue weighted by Crippen LogP contribution is -2.38. The first-order valence-corrected chi connectivity index (χ1v) is 9.65. The minimum Gasteiger partial charge on any atom is -0.465 e. The van der Waals surface area contributed by atoms with Gasteiger partial charge in [-0.05, 0) is 31.1 Å². The van der Waals surface area contributed by atoms with Crippen LogP contribution in [-0.2, 0) is 4.79 Å². The quantitative estimate of drug-likeness (QED) is 0.679. The number of carbonyl (C=O) groups excluding carboxylic acids is 1. The molecule has 1 unspecified atom stereocenters. The largest absolute Gasteiger partial charge is 0.465 e. The van der Waals surface area contributed by atoms with Gasteiger partial charge in [0.25, 0.3) is 0 Å². The Hall–Kier alpha value is -3.00. The third kappa shape index (κ3) is 4.40. The van der Waals surface area contributed by atoms with Crippen molar-refractivity contribution in [2.24, 2.45) is 0 Å². The van der Waals surface area contributed by atoms with Gasteiger partial charge in [-0.3, -0.25) is 9.78 Å². The van der Waals surface area contributed by atoms with Gasteiger partial charge in [0.15, 0.2) is 10.9 Å². The Labute approximate surface area is 160 Å². The Morgan fingerprint density at radius 2 is 2.37 bits per heavy atom. The lowest BCUT2D eigenvalue weighted by atomic mass is 9.95. The van der Waals surface area contributed by atoms with Crippen molar-refractivity contribution in [2.75, 3.05) is 18.4 Å². The number of rotatable bonds is 5. The molecule has 0 spiro atoms. The minimum atomic E-state index is 0.00392. The van der Waals surface area contributed by atoms with Crippen LogP contribution in [0.25, 0.3) is 6.08 Å². The van der Waals surface area contributed by atoms with Crippen LogP contribution in [0.3, 0.4) is 0 Å². The molecule has 0 bridgehead atoms. The summed E-state index contributed by atoms with van der Waals surface area (Å²) in [6, 6.07) is 3.62. The van der Waals surface area contributed by atoms with E-state index in [1.807, 2.05) is 11.0 Å². The van der Waals surface area contributed by atoms with Crippen molar-refractivity contribution in [1.29, 1.82) is 0 Å². The second kappa shape index (κ2) is 8.13. The fourth-order valence-corrected chi connectivity index (χ4v) is 3.87. The van der Waals surface area contributed by atoms with Crippen LogP contribution in [0.4, 0.5) is 10.9 Å². The molecular formula is C19H19N5O2S. The Balaban J connectivity index is 1.39. The van der Waals surface area contributed by atoms with Crippen molar-refractivity contribution in [3.05, 3.63) is 59.9 Å². The summed E-state index contributed by atoms with van der Waals surface area (Å²) in [4.78, 5) is 27.3. The molecule has 0 saturated carbocycles. The van der Waals surface area contributed by atoms with Crippen LogP contribution < -0.4 is 5.32 Å². The van der Waals surface area contributed by atoms with Gasteiger partial charge in [-0.1, -0.05) is 0 Å². The molecule has 138 valence electrons. The molecule has 3 aromatic rings. The lowest BCUT2D eigenvalue weighted by Gasteiger charge is -2.31. The predicted molar refractivity (Wildman–Crippen MR) is 104 cm³/mol. The molecule has 1 fully saturated rings. The molecule has 0 aromatic carbocycles. The highest BCUT2D eigenvalue weighted by Crippen LogP contribution is 2.30. The van der Waals surface area contributed by atoms with Crippen molar-refractivity contribution in [2.45, 2.75) is 18.8 Å². The van der Waals surface area contributed by atoms with Gasteiger partial charge in [0.05, 0.1) is 18.2 Å². The molecule has 3 aromatic heterocycles. The van der Waals surface area contributed by atoms with E-state index in [2.05, 4.69) is 25.6 Å². The average molecular weight is 381 g/mol. The third-order valence-corrected chi connectivity index (χ3v) is 5.18. The highest BCUT2D eigenvalue weighted by Gasteiger charge is 2.25. The number of hydrogen-bond donors (Lipinski definition) is 1. The lowest BCUT2D eigenvalue weighted by molar-refractivity contribution is -0.127. The van der Waals surface area contributed by atoms with Gasteiger partial charge in [-0.15, -0.1) is 11.3 Å². The monoisotopic (exact) mass is 381 g/mol. The highest BCUT2D eigenvalue weighted by molar-refractivity contribution is 7.13. The number of nitrogens with one attached hydrogen (secondary N) is 1. The van der Waals surface area contributed by atoms with Crippen molar-refractivity contribution in [3.8, 4) is 0 Å². The summed E-state index contributed by atoms with van der Waals surface area (Å²) < 4.78 is 5.23. The number of thiazole rings is 1. The van der Waals surface area contributed by atoms with Gasteiger partial charge in [-0.2, -0.15) is 0 Å². The van der Waals surface area contributed by atoms with Crippen LogP contribution in [0.5, 0.6) is 0 Å². The second-order valence-electron chi connectivity index (χ2n) is 6.27. The van der Waals surface area contributed by atoms with Gasteiger partial charge < -0.3 is 14.6 Å². The minimum absolute atomic E-state index is 0.00392. The zero-order valence-electron chi connectivity index (χ0n) is 14.6. The number of nitrogens with zero attached hydrogens (tertiary/aromatic N) is 4. The molecule has 1 aliphatic heterocycles. The molecule has 7 nitrogen and oxygen atoms in total. The van der Waals surface area contributed by atoms with Crippen LogP contribution in [0, 0.1) is 0 Å². The summed E-state index contributed by atoms with van der Waals surface area (Å²) in [5.41, 5.74) is 1.01. The summed E-state index contributed by atoms with van der Waals surface area (Å²) in [5, 5.41) is 6.00. The zero-order chi connectivity index (χ0) is 18.5. The van der Waals surface area contributed by atoms with Crippen molar-refractivity contribution < 1.29 is 9.21 Å². The standard InChI is InChI=1S/C19H19N5O2S/c25-18(6-5-15-4-2-10-26-15)24-9-1-3-14(12-24)16-13-27-19(22-16)23-17-11-20-7-8-21-17/h2,4-8,10-11,13-14H,1,3,9,12H2,(H,21,22,23). The molecule has 1 amide bonds. The number of aromatic nitrogens is 3. The zero-order valence-corrected chi connectivity index (χ0v) is 15.4. The van der Waals surface area contributed by atoms with E-state index in [1.165, 1.54) is 11.3 Å². The molecule has 1 aliphatic rings. The van der Waals surface area contributed by atoms with Crippen molar-refractivity contribution in [3.63, 3.8) is 0 Å². The molecule has 1 N–H and O–H groups in total. The van der Waals surface area contributed by atoms with Gasteiger partial charge in [0.1, 0.15) is 5.76 Å². The van der Waals surface area contributed by atoms with Crippen molar-refractivity contribution in [1.82, 2.24) is 19.9 Å². The smallest absolute Gasteiger partial charge is 0.246 e. The van der Waals surface area contributed by atoms with Gasteiger partial charge >= 0.3 is 0 Å². The first-order valence-electron chi connectivity index (χ1n) is 8.77. The number of anilines is 2. The highest BCUT2D eigenvalue weighted by atomic mass is 32.1. The average Bonchev–Trinajstić information content (AvgIpc) is 3.39. The molecule has 0 radical (unpaired) electrons. The van der Waals surface area contributed by atoms with Gasteiger partial charge in [0, 0.05) is 42.9 Å². The molecule has 27 heavy (non-hydrogen) atoms. The summed E-state index contributed by atoms with van der Waals surface area (Å²) in [5.74, 6) is 1.59. The maximum atomic E-state index is 12.5. The Bertz CT molecular complexity index is 907. The van der Waals surface area contributed by atoms with E-state index in [0.29, 0.717) is 18.1 Å². The number of furan rings is 1. The van der Waals surface area contributed by atoms with Crippen LogP contribution in [0.1, 0.15) is 30.2 Å². The Kier molecular flexibility index (Phi) is 5.24. The normalized spacial score (nSPS) is 17.3. The molecule has 1 atom stereocenters. The maximum absolute atomic E-state index is 12.5. The SMILES string of the molecule is O=C(C=Cc1ccco1)N1CCCC(c2csc(Nc3cnccn3)n2)C1. The van der Waals surface area contributed by atoms with E-state index >= 15 is 0 Å². The van der Waals surface area contributed by atoms with Crippen LogP contribution in [0.15, 0.2) is 52.9 Å². The van der Waals surface area contributed by atoms with Crippen LogP contribution >= 0.6 is 11.3 Å². The fourth-order valence-electron chi connectivity index (χ4n) is 3.07. The summed E-state index contributed by atoms with van der Waals surface area (Å²) in [6.45, 7) is 1.45. The molecule has 4 heterocycles. The first-order chi connectivity index (χ1) is 13.3. The van der Waals surface area contributed by atoms with Crippen LogP contribution in [-0.4, -0.2) is 38.8 Å². The van der Waals surface area contributed by atoms with E-state index < -0.39 is 0 Å². The molecule has 0 aliphatic carbocycles. The van der Waals surface area contributed by atoms with Gasteiger partial charge in [0.2, 0.25) is 5.91 Å². The predicted octanol–water partition coefficient (Wildman–Crippen LogP) is 3.69. The maximum Gasteiger partial charge on any atom is 0.246 e. The molecule has 1 saturated heterocycles. The Morgan fingerprint density at radius 3 is 3.19 bits per heavy atom. The first kappa shape index (κ1) is 17.4. The number of hydrogen-bond acceptors (Lipinski definition) is 7. The topological polar surface area (TPSA) is 84.2 Å². The summed E-state index contributed by atoms with van der Waals surface area (Å²) in [6.07, 6.45) is 11.8. The summed E-state index contributed by atoms with van der Waals surface area (Å²) >= 11 is 1.54. The number of piperidine rings is 1. The van der Waals surface area contributed by atoms with E-state index in [9.17, 15) is 4.79 Å². The van der Waals surface area contributed by atoms with E-state index in [0.717, 1.165) is 30.2 Å². The molecule has 4 rings (SSSR count). The fraction of sp³-hybridized carbons (Fsp3) is 0.263. The number of amides is 1. The third-order valence-electron chi connectivity index (χ3n) is 4.40. The number of carbonyl (C=O) groups is 1. The Morgan fingerprint density at radius 1 is 1.41 bits per heavy atom. The van der Waals surface area contributed by atoms with Crippen LogP contribution in [0.2, 0.25) is 0 Å².